The Bertz CT molecular complexity index is 774. The fraction of sp³-hybridized carbons (Fsp3) is 0.412. The second-order valence-corrected chi connectivity index (χ2v) is 6.95. The fourth-order valence-electron chi connectivity index (χ4n) is 3.24. The molecule has 1 aromatic heterocycles. The summed E-state index contributed by atoms with van der Waals surface area (Å²) in [5, 5.41) is 12.8. The lowest BCUT2D eigenvalue weighted by molar-refractivity contribution is 0.173. The van der Waals surface area contributed by atoms with Gasteiger partial charge in [-0.2, -0.15) is 0 Å². The van der Waals surface area contributed by atoms with Gasteiger partial charge in [0.25, 0.3) is 0 Å². The van der Waals surface area contributed by atoms with Crippen LogP contribution in [-0.2, 0) is 6.54 Å². The number of hydrogen-bond donors (Lipinski definition) is 2. The topological polar surface area (TPSA) is 79.7 Å². The van der Waals surface area contributed by atoms with Gasteiger partial charge in [-0.15, -0.1) is 0 Å². The molecule has 1 unspecified atom stereocenters. The lowest BCUT2D eigenvalue weighted by atomic mass is 10.2. The number of nitrogens with zero attached hydrogens (tertiary/aromatic N) is 3. The monoisotopic (exact) mass is 406 g/mol. The summed E-state index contributed by atoms with van der Waals surface area (Å²) in [4.78, 5) is 10.8. The Morgan fingerprint density at radius 1 is 1.28 bits per heavy atom. The standard InChI is InChI=1S/C17H19BrN4O3/c18-13-4-11(5-14-17(13)25-10-24-14)7-19-15-6-16(21-9-20-15)22-3-1-2-12(22)8-23/h4-6,9,12,23H,1-3,7-8,10H2,(H,19,20,21). The molecular formula is C17H19BrN4O3. The fourth-order valence-corrected chi connectivity index (χ4v) is 3.85. The van der Waals surface area contributed by atoms with E-state index in [2.05, 4.69) is 36.1 Å². The molecule has 1 aromatic carbocycles. The van der Waals surface area contributed by atoms with Crippen LogP contribution in [0.25, 0.3) is 0 Å². The summed E-state index contributed by atoms with van der Waals surface area (Å²) in [7, 11) is 0. The van der Waals surface area contributed by atoms with E-state index in [4.69, 9.17) is 9.47 Å². The second kappa shape index (κ2) is 7.05. The number of ether oxygens (including phenoxy) is 2. The zero-order valence-electron chi connectivity index (χ0n) is 13.6. The molecule has 1 saturated heterocycles. The molecule has 0 bridgehead atoms. The van der Waals surface area contributed by atoms with Crippen LogP contribution in [0.3, 0.4) is 0 Å². The number of rotatable bonds is 5. The number of hydrogen-bond acceptors (Lipinski definition) is 7. The van der Waals surface area contributed by atoms with Crippen molar-refractivity contribution in [2.45, 2.75) is 25.4 Å². The minimum Gasteiger partial charge on any atom is -0.454 e. The maximum atomic E-state index is 9.49. The Morgan fingerprint density at radius 2 is 2.20 bits per heavy atom. The predicted octanol–water partition coefficient (Wildman–Crippen LogP) is 2.54. The number of anilines is 2. The molecule has 2 N–H and O–H groups in total. The van der Waals surface area contributed by atoms with E-state index in [1.807, 2.05) is 18.2 Å². The Hall–Kier alpha value is -2.06. The van der Waals surface area contributed by atoms with Gasteiger partial charge in [-0.3, -0.25) is 0 Å². The van der Waals surface area contributed by atoms with Crippen molar-refractivity contribution in [1.82, 2.24) is 9.97 Å². The van der Waals surface area contributed by atoms with Crippen LogP contribution in [-0.4, -0.2) is 41.1 Å². The second-order valence-electron chi connectivity index (χ2n) is 6.10. The highest BCUT2D eigenvalue weighted by atomic mass is 79.9. The highest BCUT2D eigenvalue weighted by Gasteiger charge is 2.25. The smallest absolute Gasteiger partial charge is 0.231 e. The van der Waals surface area contributed by atoms with Crippen molar-refractivity contribution in [2.75, 3.05) is 30.2 Å². The average Bonchev–Trinajstić information content (AvgIpc) is 3.29. The van der Waals surface area contributed by atoms with E-state index in [0.29, 0.717) is 6.54 Å². The minimum atomic E-state index is 0.146. The molecule has 132 valence electrons. The SMILES string of the molecule is OCC1CCCN1c1cc(NCc2cc(Br)c3c(c2)OCO3)ncn1. The first-order valence-electron chi connectivity index (χ1n) is 8.26. The first-order valence-corrected chi connectivity index (χ1v) is 9.05. The molecule has 0 radical (unpaired) electrons. The van der Waals surface area contributed by atoms with Crippen molar-refractivity contribution in [3.05, 3.63) is 34.6 Å². The number of aliphatic hydroxyl groups excluding tert-OH is 1. The van der Waals surface area contributed by atoms with Crippen LogP contribution in [0.1, 0.15) is 18.4 Å². The molecule has 2 aromatic rings. The number of aliphatic hydroxyl groups is 1. The van der Waals surface area contributed by atoms with Crippen LogP contribution in [0.4, 0.5) is 11.6 Å². The molecule has 8 heteroatoms. The van der Waals surface area contributed by atoms with Gasteiger partial charge in [0.05, 0.1) is 17.1 Å². The molecule has 0 spiro atoms. The van der Waals surface area contributed by atoms with Gasteiger partial charge in [0, 0.05) is 19.2 Å². The normalized spacial score (nSPS) is 18.6. The van der Waals surface area contributed by atoms with Crippen molar-refractivity contribution < 1.29 is 14.6 Å². The van der Waals surface area contributed by atoms with Crippen molar-refractivity contribution in [3.8, 4) is 11.5 Å². The number of aromatic nitrogens is 2. The maximum Gasteiger partial charge on any atom is 0.231 e. The van der Waals surface area contributed by atoms with Crippen molar-refractivity contribution in [3.63, 3.8) is 0 Å². The number of fused-ring (bicyclic) bond motifs is 1. The van der Waals surface area contributed by atoms with Gasteiger partial charge < -0.3 is 24.8 Å². The molecule has 3 heterocycles. The highest BCUT2D eigenvalue weighted by molar-refractivity contribution is 9.10. The lowest BCUT2D eigenvalue weighted by Crippen LogP contribution is -2.32. The van der Waals surface area contributed by atoms with E-state index >= 15 is 0 Å². The third-order valence-electron chi connectivity index (χ3n) is 4.50. The van der Waals surface area contributed by atoms with E-state index in [1.54, 1.807) is 6.33 Å². The summed E-state index contributed by atoms with van der Waals surface area (Å²) in [6.07, 6.45) is 3.62. The summed E-state index contributed by atoms with van der Waals surface area (Å²) in [6, 6.07) is 6.04. The summed E-state index contributed by atoms with van der Waals surface area (Å²) < 4.78 is 11.7. The molecule has 7 nitrogen and oxygen atoms in total. The van der Waals surface area contributed by atoms with Crippen molar-refractivity contribution in [1.29, 1.82) is 0 Å². The van der Waals surface area contributed by atoms with Gasteiger partial charge in [-0.05, 0) is 46.5 Å². The van der Waals surface area contributed by atoms with Crippen LogP contribution >= 0.6 is 15.9 Å². The highest BCUT2D eigenvalue weighted by Crippen LogP contribution is 2.40. The Labute approximate surface area is 154 Å². The van der Waals surface area contributed by atoms with Crippen molar-refractivity contribution in [2.24, 2.45) is 0 Å². The van der Waals surface area contributed by atoms with Gasteiger partial charge in [-0.1, -0.05) is 0 Å². The lowest BCUT2D eigenvalue weighted by Gasteiger charge is -2.24. The molecular weight excluding hydrogens is 388 g/mol. The molecule has 4 rings (SSSR count). The zero-order chi connectivity index (χ0) is 17.2. The molecule has 2 aliphatic rings. The molecule has 0 aliphatic carbocycles. The van der Waals surface area contributed by atoms with E-state index in [1.165, 1.54) is 0 Å². The minimum absolute atomic E-state index is 0.146. The predicted molar refractivity (Wildman–Crippen MR) is 97.1 cm³/mol. The molecule has 2 aliphatic heterocycles. The number of nitrogens with one attached hydrogen (secondary N) is 1. The van der Waals surface area contributed by atoms with E-state index in [-0.39, 0.29) is 19.4 Å². The largest absolute Gasteiger partial charge is 0.454 e. The van der Waals surface area contributed by atoms with Crippen LogP contribution < -0.4 is 19.7 Å². The number of halogens is 1. The third kappa shape index (κ3) is 3.36. The average molecular weight is 407 g/mol. The number of benzene rings is 1. The van der Waals surface area contributed by atoms with Crippen molar-refractivity contribution >= 4 is 27.6 Å². The summed E-state index contributed by atoms with van der Waals surface area (Å²) >= 11 is 3.51. The first kappa shape index (κ1) is 16.4. The summed E-state index contributed by atoms with van der Waals surface area (Å²) in [6.45, 7) is 1.92. The van der Waals surface area contributed by atoms with Crippen LogP contribution in [0, 0.1) is 0 Å². The zero-order valence-corrected chi connectivity index (χ0v) is 15.2. The van der Waals surface area contributed by atoms with Gasteiger partial charge in [-0.25, -0.2) is 9.97 Å². The molecule has 0 amide bonds. The Balaban J connectivity index is 1.47. The van der Waals surface area contributed by atoms with Crippen LogP contribution in [0.15, 0.2) is 29.0 Å². The molecule has 0 saturated carbocycles. The van der Waals surface area contributed by atoms with Gasteiger partial charge in [0.1, 0.15) is 18.0 Å². The maximum absolute atomic E-state index is 9.49. The first-order chi connectivity index (χ1) is 12.2. The molecule has 1 fully saturated rings. The quantitative estimate of drug-likeness (QED) is 0.789. The van der Waals surface area contributed by atoms with Crippen LogP contribution in [0.2, 0.25) is 0 Å². The van der Waals surface area contributed by atoms with Crippen LogP contribution in [0.5, 0.6) is 11.5 Å². The van der Waals surface area contributed by atoms with Gasteiger partial charge >= 0.3 is 0 Å². The summed E-state index contributed by atoms with van der Waals surface area (Å²) in [5.74, 6) is 3.10. The van der Waals surface area contributed by atoms with E-state index in [0.717, 1.165) is 52.6 Å². The molecule has 25 heavy (non-hydrogen) atoms. The Kier molecular flexibility index (Phi) is 4.63. The third-order valence-corrected chi connectivity index (χ3v) is 5.08. The van der Waals surface area contributed by atoms with E-state index in [9.17, 15) is 5.11 Å². The molecule has 1 atom stereocenters. The van der Waals surface area contributed by atoms with Gasteiger partial charge in [0.2, 0.25) is 6.79 Å². The Morgan fingerprint density at radius 3 is 3.08 bits per heavy atom. The summed E-state index contributed by atoms with van der Waals surface area (Å²) in [5.41, 5.74) is 1.06. The van der Waals surface area contributed by atoms with E-state index < -0.39 is 0 Å². The van der Waals surface area contributed by atoms with Gasteiger partial charge in [0.15, 0.2) is 11.5 Å².